The second kappa shape index (κ2) is 12.4. The molecule has 3 fully saturated rings. The first kappa shape index (κ1) is 32.1. The van der Waals surface area contributed by atoms with E-state index < -0.39 is 0 Å². The summed E-state index contributed by atoms with van der Waals surface area (Å²) in [5.74, 6) is 5.23. The molecule has 4 rings (SSSR count). The fraction of sp³-hybridized carbons (Fsp3) is 0.917. The second-order valence-electron chi connectivity index (χ2n) is 17.0. The average Bonchev–Trinajstić information content (AvgIpc) is 3.19. The van der Waals surface area contributed by atoms with Gasteiger partial charge in [0, 0.05) is 6.54 Å². The maximum atomic E-state index is 13.5. The van der Waals surface area contributed by atoms with E-state index in [1.165, 1.54) is 51.4 Å². The van der Waals surface area contributed by atoms with Gasteiger partial charge in [-0.1, -0.05) is 65.5 Å². The highest BCUT2D eigenvalue weighted by Gasteiger charge is 2.59. The first-order valence-electron chi connectivity index (χ1n) is 17.0. The summed E-state index contributed by atoms with van der Waals surface area (Å²) in [5, 5.41) is 0. The Balaban J connectivity index is 1.42. The van der Waals surface area contributed by atoms with E-state index >= 15 is 0 Å². The van der Waals surface area contributed by atoms with Gasteiger partial charge in [-0.25, -0.2) is 0 Å². The van der Waals surface area contributed by atoms with Crippen LogP contribution in [-0.2, 0) is 9.53 Å². The molecular weight excluding hydrogens is 492 g/mol. The molecule has 4 aliphatic rings. The van der Waals surface area contributed by atoms with E-state index in [1.54, 1.807) is 5.57 Å². The molecule has 4 nitrogen and oxygen atoms in total. The van der Waals surface area contributed by atoms with Gasteiger partial charge in [0.1, 0.15) is 6.54 Å². The van der Waals surface area contributed by atoms with E-state index in [4.69, 9.17) is 4.74 Å². The van der Waals surface area contributed by atoms with Crippen molar-refractivity contribution in [2.24, 2.45) is 52.3 Å². The zero-order valence-electron chi connectivity index (χ0n) is 28.1. The zero-order chi connectivity index (χ0) is 29.5. The Morgan fingerprint density at radius 3 is 2.40 bits per heavy atom. The number of hydrogen-bond donors (Lipinski definition) is 0. The Bertz CT molecular complexity index is 903. The molecule has 3 saturated carbocycles. The summed E-state index contributed by atoms with van der Waals surface area (Å²) in [5.41, 5.74) is 2.42. The number of allylic oxidation sites excluding steroid dienone is 2. The number of hydrogen-bond acceptors (Lipinski definition) is 3. The van der Waals surface area contributed by atoms with Gasteiger partial charge in [0.15, 0.2) is 6.10 Å². The Kier molecular flexibility index (Phi) is 9.93. The lowest BCUT2D eigenvalue weighted by Gasteiger charge is -2.58. The normalized spacial score (nSPS) is 37.4. The molecule has 0 aliphatic heterocycles. The Morgan fingerprint density at radius 2 is 1.75 bits per heavy atom. The number of carbonyl (C=O) groups excluding carboxylic acids is 1. The van der Waals surface area contributed by atoms with E-state index in [0.717, 1.165) is 72.3 Å². The number of fused-ring (bicyclic) bond motifs is 5. The number of nitrogens with zero attached hydrogens (tertiary/aromatic N) is 2. The number of likely N-dealkylation sites (N-methyl/N-ethyl adjacent to an activating group) is 2. The van der Waals surface area contributed by atoms with E-state index in [0.29, 0.717) is 5.41 Å². The summed E-state index contributed by atoms with van der Waals surface area (Å²) in [6, 6.07) is 0. The Morgan fingerprint density at radius 1 is 1.02 bits per heavy atom. The predicted molar refractivity (Wildman–Crippen MR) is 168 cm³/mol. The largest absolute Gasteiger partial charge is 0.455 e. The van der Waals surface area contributed by atoms with Crippen molar-refractivity contribution in [1.82, 2.24) is 4.90 Å². The average molecular weight is 558 g/mol. The molecule has 40 heavy (non-hydrogen) atoms. The number of rotatable bonds is 11. The summed E-state index contributed by atoms with van der Waals surface area (Å²) in [7, 11) is 10.7. The minimum absolute atomic E-state index is 0.0319. The van der Waals surface area contributed by atoms with Crippen molar-refractivity contribution in [3.8, 4) is 0 Å². The number of carbonyl (C=O) groups is 1. The second-order valence-corrected chi connectivity index (χ2v) is 17.0. The zero-order valence-corrected chi connectivity index (χ0v) is 28.1. The van der Waals surface area contributed by atoms with Crippen LogP contribution in [0.15, 0.2) is 11.6 Å². The van der Waals surface area contributed by atoms with E-state index in [-0.39, 0.29) is 23.4 Å². The van der Waals surface area contributed by atoms with Crippen LogP contribution in [-0.4, -0.2) is 69.8 Å². The maximum Gasteiger partial charge on any atom is 0.309 e. The fourth-order valence-electron chi connectivity index (χ4n) is 10.3. The van der Waals surface area contributed by atoms with E-state index in [9.17, 15) is 4.79 Å². The van der Waals surface area contributed by atoms with Crippen LogP contribution < -0.4 is 0 Å². The molecule has 0 heterocycles. The van der Waals surface area contributed by atoms with E-state index in [1.807, 2.05) is 0 Å². The van der Waals surface area contributed by atoms with Gasteiger partial charge < -0.3 is 14.1 Å². The van der Waals surface area contributed by atoms with Crippen LogP contribution in [0, 0.1) is 52.3 Å². The standard InChI is InChI=1S/C36H65N2O2/c1-25(2)12-11-13-26(3)31-16-17-32-30-15-14-28-22-27(18-20-35(28,4)33(30)19-21-36(31,32)5)34(39)40-29(23-37(6)7)24-38(8,9)10/h14,25-27,29-33H,11-13,15-24H2,1-10H3/q+1/t26-,27+,29?,30+,31-,32+,33+,35+,36-/m1/s1. The minimum Gasteiger partial charge on any atom is -0.455 e. The van der Waals surface area contributed by atoms with Gasteiger partial charge in [-0.05, 0) is 112 Å². The van der Waals surface area contributed by atoms with Crippen LogP contribution in [0.3, 0.4) is 0 Å². The Hall–Kier alpha value is -0.870. The fourth-order valence-corrected chi connectivity index (χ4v) is 10.3. The van der Waals surface area contributed by atoms with Crippen LogP contribution in [0.5, 0.6) is 0 Å². The SMILES string of the molecule is CC(C)CCC[C@@H](C)[C@H]1CC[C@H]2[C@@H]3CC=C4C[C@@H](C(=O)OC(CN(C)C)C[N+](C)(C)C)CC[C@]4(C)[C@H]3CC[C@]12C. The number of ether oxygens (including phenoxy) is 1. The molecule has 0 amide bonds. The lowest BCUT2D eigenvalue weighted by atomic mass is 9.46. The van der Waals surface area contributed by atoms with Crippen molar-refractivity contribution in [1.29, 1.82) is 0 Å². The quantitative estimate of drug-likeness (QED) is 0.147. The third-order valence-corrected chi connectivity index (χ3v) is 12.2. The molecule has 0 spiro atoms. The maximum absolute atomic E-state index is 13.5. The van der Waals surface area contributed by atoms with Gasteiger partial charge >= 0.3 is 5.97 Å². The van der Waals surface area contributed by atoms with Gasteiger partial charge in [0.2, 0.25) is 0 Å². The van der Waals surface area contributed by atoms with Crippen LogP contribution in [0.2, 0.25) is 0 Å². The van der Waals surface area contributed by atoms with Crippen LogP contribution in [0.4, 0.5) is 0 Å². The predicted octanol–water partition coefficient (Wildman–Crippen LogP) is 7.82. The molecule has 0 aromatic heterocycles. The molecule has 0 N–H and O–H groups in total. The monoisotopic (exact) mass is 558 g/mol. The molecule has 0 saturated heterocycles. The molecule has 4 heteroatoms. The van der Waals surface area contributed by atoms with Crippen molar-refractivity contribution < 1.29 is 14.0 Å². The first-order valence-corrected chi connectivity index (χ1v) is 17.0. The highest BCUT2D eigenvalue weighted by molar-refractivity contribution is 5.73. The molecule has 9 atom stereocenters. The van der Waals surface area contributed by atoms with Crippen molar-refractivity contribution in [3.63, 3.8) is 0 Å². The van der Waals surface area contributed by atoms with Crippen LogP contribution in [0.25, 0.3) is 0 Å². The number of quaternary nitrogens is 1. The first-order chi connectivity index (χ1) is 18.6. The molecule has 0 aromatic carbocycles. The smallest absolute Gasteiger partial charge is 0.309 e. The van der Waals surface area contributed by atoms with Gasteiger partial charge in [-0.15, -0.1) is 0 Å². The lowest BCUT2D eigenvalue weighted by Crippen LogP contribution is -2.51. The minimum atomic E-state index is -0.0559. The molecular formula is C36H65N2O2+. The summed E-state index contributed by atoms with van der Waals surface area (Å²) >= 11 is 0. The highest BCUT2D eigenvalue weighted by Crippen LogP contribution is 2.67. The molecule has 1 unspecified atom stereocenters. The van der Waals surface area contributed by atoms with Crippen LogP contribution >= 0.6 is 0 Å². The van der Waals surface area contributed by atoms with Gasteiger partial charge in [-0.3, -0.25) is 4.79 Å². The lowest BCUT2D eigenvalue weighted by molar-refractivity contribution is -0.873. The van der Waals surface area contributed by atoms with Gasteiger partial charge in [-0.2, -0.15) is 0 Å². The summed E-state index contributed by atoms with van der Waals surface area (Å²) in [4.78, 5) is 15.6. The summed E-state index contributed by atoms with van der Waals surface area (Å²) in [6.45, 7) is 14.2. The third-order valence-electron chi connectivity index (χ3n) is 12.2. The molecule has 0 bridgehead atoms. The van der Waals surface area contributed by atoms with Crippen molar-refractivity contribution in [2.45, 2.75) is 111 Å². The molecule has 230 valence electrons. The highest BCUT2D eigenvalue weighted by atomic mass is 16.5. The van der Waals surface area contributed by atoms with Crippen molar-refractivity contribution in [2.75, 3.05) is 48.3 Å². The van der Waals surface area contributed by atoms with Gasteiger partial charge in [0.05, 0.1) is 27.1 Å². The summed E-state index contributed by atoms with van der Waals surface area (Å²) in [6.07, 6.45) is 16.8. The Labute approximate surface area is 248 Å². The van der Waals surface area contributed by atoms with Crippen molar-refractivity contribution in [3.05, 3.63) is 11.6 Å². The molecule has 0 aromatic rings. The molecule has 4 aliphatic carbocycles. The number of esters is 1. The van der Waals surface area contributed by atoms with Crippen LogP contribution in [0.1, 0.15) is 105 Å². The van der Waals surface area contributed by atoms with E-state index in [2.05, 4.69) is 80.8 Å². The third kappa shape index (κ3) is 6.85. The molecule has 0 radical (unpaired) electrons. The van der Waals surface area contributed by atoms with Crippen molar-refractivity contribution >= 4 is 5.97 Å². The van der Waals surface area contributed by atoms with Gasteiger partial charge in [0.25, 0.3) is 0 Å². The summed E-state index contributed by atoms with van der Waals surface area (Å²) < 4.78 is 7.02. The topological polar surface area (TPSA) is 29.5 Å².